The average Bonchev–Trinajstić information content (AvgIpc) is 2.83. The Morgan fingerprint density at radius 2 is 2.16 bits per heavy atom. The summed E-state index contributed by atoms with van der Waals surface area (Å²) in [6.07, 6.45) is 0. The molecular weight excluding hydrogens is 288 g/mol. The highest BCUT2D eigenvalue weighted by Crippen LogP contribution is 2.19. The largest absolute Gasteiger partial charge is 0.490 e. The van der Waals surface area contributed by atoms with E-state index in [0.29, 0.717) is 11.4 Å². The smallest absolute Gasteiger partial charge is 0.237 e. The van der Waals surface area contributed by atoms with Crippen LogP contribution < -0.4 is 15.2 Å². The molecule has 0 radical (unpaired) electrons. The molecule has 7 nitrogen and oxygen atoms in total. The summed E-state index contributed by atoms with van der Waals surface area (Å²) in [7, 11) is -3.50. The normalized spacial score (nSPS) is 11.2. The van der Waals surface area contributed by atoms with Crippen LogP contribution in [-0.4, -0.2) is 31.0 Å². The van der Waals surface area contributed by atoms with Gasteiger partial charge in [-0.3, -0.25) is 4.72 Å². The number of anilines is 2. The fourth-order valence-corrected chi connectivity index (χ4v) is 2.85. The first kappa shape index (κ1) is 13.6. The lowest BCUT2D eigenvalue weighted by atomic mass is 10.3. The fourth-order valence-electron chi connectivity index (χ4n) is 1.27. The Labute approximate surface area is 114 Å². The van der Waals surface area contributed by atoms with Crippen LogP contribution >= 0.6 is 11.3 Å². The van der Waals surface area contributed by atoms with Crippen LogP contribution in [0.5, 0.6) is 5.75 Å². The fraction of sp³-hybridized carbons (Fsp3) is 0.200. The maximum absolute atomic E-state index is 11.7. The number of nitrogens with one attached hydrogen (secondary N) is 1. The van der Waals surface area contributed by atoms with E-state index in [2.05, 4.69) is 14.9 Å². The van der Waals surface area contributed by atoms with E-state index in [1.165, 1.54) is 5.51 Å². The van der Waals surface area contributed by atoms with Gasteiger partial charge in [-0.05, 0) is 12.1 Å². The minimum atomic E-state index is -3.50. The van der Waals surface area contributed by atoms with Gasteiger partial charge in [-0.15, -0.1) is 10.2 Å². The van der Waals surface area contributed by atoms with Gasteiger partial charge in [0.2, 0.25) is 15.2 Å². The van der Waals surface area contributed by atoms with Gasteiger partial charge >= 0.3 is 0 Å². The summed E-state index contributed by atoms with van der Waals surface area (Å²) in [5.41, 5.74) is 7.59. The molecule has 0 aliphatic heterocycles. The van der Waals surface area contributed by atoms with Crippen molar-refractivity contribution in [3.8, 4) is 5.75 Å². The summed E-state index contributed by atoms with van der Waals surface area (Å²) in [5, 5.41) is 7.37. The van der Waals surface area contributed by atoms with Crippen molar-refractivity contribution in [2.24, 2.45) is 0 Å². The second kappa shape index (κ2) is 5.85. The molecule has 0 atom stereocenters. The zero-order chi connectivity index (χ0) is 13.7. The Morgan fingerprint density at radius 3 is 2.84 bits per heavy atom. The Morgan fingerprint density at radius 1 is 1.37 bits per heavy atom. The monoisotopic (exact) mass is 300 g/mol. The van der Waals surface area contributed by atoms with Gasteiger partial charge in [0, 0.05) is 0 Å². The predicted octanol–water partition coefficient (Wildman–Crippen LogP) is 0.941. The van der Waals surface area contributed by atoms with E-state index in [1.54, 1.807) is 24.3 Å². The first-order valence-electron chi connectivity index (χ1n) is 5.31. The molecule has 0 unspecified atom stereocenters. The maximum atomic E-state index is 11.7. The van der Waals surface area contributed by atoms with Crippen molar-refractivity contribution in [2.45, 2.75) is 0 Å². The number of sulfonamides is 1. The molecule has 0 amide bonds. The van der Waals surface area contributed by atoms with E-state index in [4.69, 9.17) is 10.5 Å². The van der Waals surface area contributed by atoms with E-state index in [0.717, 1.165) is 11.3 Å². The van der Waals surface area contributed by atoms with E-state index in [1.807, 2.05) is 0 Å². The zero-order valence-electron chi connectivity index (χ0n) is 9.81. The van der Waals surface area contributed by atoms with Crippen LogP contribution in [0.15, 0.2) is 29.8 Å². The van der Waals surface area contributed by atoms with Crippen LogP contribution in [0, 0.1) is 0 Å². The minimum absolute atomic E-state index is 0.00233. The van der Waals surface area contributed by atoms with Crippen molar-refractivity contribution in [2.75, 3.05) is 22.8 Å². The van der Waals surface area contributed by atoms with E-state index < -0.39 is 10.0 Å². The molecule has 1 aromatic carbocycles. The van der Waals surface area contributed by atoms with Gasteiger partial charge in [0.15, 0.2) is 0 Å². The van der Waals surface area contributed by atoms with E-state index in [9.17, 15) is 8.42 Å². The third-order valence-corrected chi connectivity index (χ3v) is 4.08. The number of para-hydroxylation sites is 2. The van der Waals surface area contributed by atoms with Gasteiger partial charge in [0.05, 0.1) is 5.69 Å². The third-order valence-electron chi connectivity index (χ3n) is 2.13. The molecule has 0 aliphatic carbocycles. The number of aromatic nitrogens is 2. The lowest BCUT2D eigenvalue weighted by Gasteiger charge is -2.09. The molecule has 9 heteroatoms. The minimum Gasteiger partial charge on any atom is -0.490 e. The van der Waals surface area contributed by atoms with Crippen molar-refractivity contribution in [1.29, 1.82) is 0 Å². The number of ether oxygens (including phenoxy) is 1. The Kier molecular flexibility index (Phi) is 4.17. The van der Waals surface area contributed by atoms with Crippen LogP contribution in [0.2, 0.25) is 0 Å². The van der Waals surface area contributed by atoms with Gasteiger partial charge in [-0.1, -0.05) is 23.5 Å². The summed E-state index contributed by atoms with van der Waals surface area (Å²) in [5.74, 6) is 0.273. The van der Waals surface area contributed by atoms with Crippen LogP contribution in [-0.2, 0) is 10.0 Å². The molecule has 19 heavy (non-hydrogen) atoms. The Hall–Kier alpha value is -1.87. The second-order valence-electron chi connectivity index (χ2n) is 3.55. The standard InChI is InChI=1S/C10H12N4O3S2/c11-8-3-1-2-4-9(8)17-5-6-19(15,16)14-10-13-12-7-18-10/h1-4,7H,5-6,11H2,(H,13,14). The van der Waals surface area contributed by atoms with Crippen LogP contribution in [0.25, 0.3) is 0 Å². The number of nitrogens with zero attached hydrogens (tertiary/aromatic N) is 2. The zero-order valence-corrected chi connectivity index (χ0v) is 11.4. The molecule has 0 saturated carbocycles. The summed E-state index contributed by atoms with van der Waals surface area (Å²) in [6, 6.07) is 6.90. The van der Waals surface area contributed by atoms with Crippen molar-refractivity contribution in [3.63, 3.8) is 0 Å². The van der Waals surface area contributed by atoms with Crippen molar-refractivity contribution >= 4 is 32.2 Å². The highest BCUT2D eigenvalue weighted by Gasteiger charge is 2.12. The van der Waals surface area contributed by atoms with E-state index >= 15 is 0 Å². The number of benzene rings is 1. The van der Waals surface area contributed by atoms with Gasteiger partial charge in [0.1, 0.15) is 23.6 Å². The van der Waals surface area contributed by atoms with Crippen molar-refractivity contribution < 1.29 is 13.2 Å². The molecule has 0 spiro atoms. The third kappa shape index (κ3) is 4.07. The van der Waals surface area contributed by atoms with Crippen LogP contribution in [0.3, 0.4) is 0 Å². The molecule has 3 N–H and O–H groups in total. The Balaban J connectivity index is 1.87. The molecule has 0 bridgehead atoms. The number of rotatable bonds is 6. The number of hydrogen-bond acceptors (Lipinski definition) is 7. The molecule has 0 fully saturated rings. The topological polar surface area (TPSA) is 107 Å². The lowest BCUT2D eigenvalue weighted by Crippen LogP contribution is -2.21. The molecule has 0 aliphatic rings. The number of nitrogens with two attached hydrogens (primary N) is 1. The lowest BCUT2D eigenvalue weighted by molar-refractivity contribution is 0.343. The molecule has 1 heterocycles. The predicted molar refractivity (Wildman–Crippen MR) is 73.7 cm³/mol. The first-order chi connectivity index (χ1) is 9.07. The van der Waals surface area contributed by atoms with Crippen LogP contribution in [0.1, 0.15) is 0 Å². The number of hydrogen-bond donors (Lipinski definition) is 2. The SMILES string of the molecule is Nc1ccccc1OCCS(=O)(=O)Nc1nncs1. The van der Waals surface area contributed by atoms with Gasteiger partial charge in [-0.25, -0.2) is 8.42 Å². The summed E-state index contributed by atoms with van der Waals surface area (Å²) in [4.78, 5) is 0. The molecule has 0 saturated heterocycles. The van der Waals surface area contributed by atoms with Gasteiger partial charge in [0.25, 0.3) is 0 Å². The van der Waals surface area contributed by atoms with Gasteiger partial charge in [-0.2, -0.15) is 0 Å². The molecule has 1 aromatic heterocycles. The van der Waals surface area contributed by atoms with E-state index in [-0.39, 0.29) is 17.5 Å². The van der Waals surface area contributed by atoms with Crippen LogP contribution in [0.4, 0.5) is 10.8 Å². The molecular formula is C10H12N4O3S2. The molecule has 2 aromatic rings. The maximum Gasteiger partial charge on any atom is 0.237 e. The quantitative estimate of drug-likeness (QED) is 0.769. The second-order valence-corrected chi connectivity index (χ2v) is 6.23. The van der Waals surface area contributed by atoms with Crippen molar-refractivity contribution in [3.05, 3.63) is 29.8 Å². The summed E-state index contributed by atoms with van der Waals surface area (Å²) in [6.45, 7) is 0.00233. The van der Waals surface area contributed by atoms with Crippen molar-refractivity contribution in [1.82, 2.24) is 10.2 Å². The summed E-state index contributed by atoms with van der Waals surface area (Å²) >= 11 is 1.11. The number of nitrogen functional groups attached to an aromatic ring is 1. The molecule has 2 rings (SSSR count). The summed E-state index contributed by atoms with van der Waals surface area (Å²) < 4.78 is 31.0. The first-order valence-corrected chi connectivity index (χ1v) is 7.84. The highest BCUT2D eigenvalue weighted by atomic mass is 32.2. The highest BCUT2D eigenvalue weighted by molar-refractivity contribution is 7.92. The average molecular weight is 300 g/mol. The Bertz CT molecular complexity index is 628. The molecule has 102 valence electrons. The van der Waals surface area contributed by atoms with Gasteiger partial charge < -0.3 is 10.5 Å².